The third-order valence-corrected chi connectivity index (χ3v) is 4.21. The van der Waals surface area contributed by atoms with Crippen molar-refractivity contribution in [1.29, 1.82) is 0 Å². The Labute approximate surface area is 95.7 Å². The molecule has 0 aliphatic heterocycles. The van der Waals surface area contributed by atoms with Gasteiger partial charge in [-0.3, -0.25) is 9.36 Å². The molecule has 1 aromatic rings. The van der Waals surface area contributed by atoms with Crippen LogP contribution in [0.3, 0.4) is 0 Å². The van der Waals surface area contributed by atoms with Gasteiger partial charge in [0.2, 0.25) is 0 Å². The first-order valence-corrected chi connectivity index (χ1v) is 6.75. The highest BCUT2D eigenvalue weighted by Gasteiger charge is 2.36. The van der Waals surface area contributed by atoms with Crippen molar-refractivity contribution in [3.8, 4) is 5.06 Å². The Morgan fingerprint density at radius 2 is 2.19 bits per heavy atom. The number of carboxylic acids is 1. The van der Waals surface area contributed by atoms with Gasteiger partial charge in [0.25, 0.3) is 0 Å². The largest absolute Gasteiger partial charge is 0.487 e. The number of thiophene rings is 1. The molecule has 0 aliphatic carbocycles. The van der Waals surface area contributed by atoms with E-state index >= 15 is 0 Å². The SMILES string of the molecule is COc1ccc(CC(C(=O)O)P(=O)(O)O)s1. The van der Waals surface area contributed by atoms with Crippen molar-refractivity contribution in [2.75, 3.05) is 7.11 Å². The predicted octanol–water partition coefficient (Wildman–Crippen LogP) is 0.930. The molecule has 0 aliphatic rings. The van der Waals surface area contributed by atoms with Crippen LogP contribution in [0.1, 0.15) is 4.88 Å². The number of hydrogen-bond acceptors (Lipinski definition) is 4. The second kappa shape index (κ2) is 4.97. The molecular weight excluding hydrogens is 255 g/mol. The summed E-state index contributed by atoms with van der Waals surface area (Å²) in [6.45, 7) is 0. The lowest BCUT2D eigenvalue weighted by molar-refractivity contribution is -0.136. The molecule has 0 amide bonds. The number of hydrogen-bond donors (Lipinski definition) is 3. The minimum Gasteiger partial charge on any atom is -0.487 e. The van der Waals surface area contributed by atoms with Gasteiger partial charge in [-0.15, -0.1) is 11.3 Å². The molecule has 0 aromatic carbocycles. The molecule has 1 aromatic heterocycles. The van der Waals surface area contributed by atoms with Crippen LogP contribution in [-0.2, 0) is 15.8 Å². The molecule has 16 heavy (non-hydrogen) atoms. The van der Waals surface area contributed by atoms with Crippen molar-refractivity contribution in [2.45, 2.75) is 12.1 Å². The van der Waals surface area contributed by atoms with Crippen molar-refractivity contribution >= 4 is 24.9 Å². The van der Waals surface area contributed by atoms with E-state index in [9.17, 15) is 9.36 Å². The molecule has 6 nitrogen and oxygen atoms in total. The quantitative estimate of drug-likeness (QED) is 0.685. The molecule has 0 saturated heterocycles. The van der Waals surface area contributed by atoms with E-state index in [-0.39, 0.29) is 6.42 Å². The summed E-state index contributed by atoms with van der Waals surface area (Å²) in [5, 5.41) is 9.29. The van der Waals surface area contributed by atoms with Crippen LogP contribution in [0, 0.1) is 0 Å². The summed E-state index contributed by atoms with van der Waals surface area (Å²) in [6, 6.07) is 3.22. The average molecular weight is 266 g/mol. The zero-order chi connectivity index (χ0) is 12.3. The Kier molecular flexibility index (Phi) is 4.09. The van der Waals surface area contributed by atoms with Gasteiger partial charge >= 0.3 is 13.6 Å². The van der Waals surface area contributed by atoms with Gasteiger partial charge in [0, 0.05) is 11.3 Å². The van der Waals surface area contributed by atoms with Gasteiger partial charge in [-0.1, -0.05) is 0 Å². The van der Waals surface area contributed by atoms with Crippen molar-refractivity contribution in [3.05, 3.63) is 17.0 Å². The summed E-state index contributed by atoms with van der Waals surface area (Å²) < 4.78 is 15.8. The first-order valence-electron chi connectivity index (χ1n) is 4.25. The van der Waals surface area contributed by atoms with Gasteiger partial charge in [0.1, 0.15) is 0 Å². The molecule has 1 heterocycles. The molecular formula is C8H11O6PS. The predicted molar refractivity (Wildman–Crippen MR) is 58.0 cm³/mol. The van der Waals surface area contributed by atoms with E-state index in [4.69, 9.17) is 19.6 Å². The summed E-state index contributed by atoms with van der Waals surface area (Å²) in [5.74, 6) is -1.50. The van der Waals surface area contributed by atoms with Crippen LogP contribution < -0.4 is 4.74 Å². The zero-order valence-corrected chi connectivity index (χ0v) is 10.1. The van der Waals surface area contributed by atoms with Crippen LogP contribution >= 0.6 is 18.9 Å². The minimum absolute atomic E-state index is 0.201. The molecule has 1 rings (SSSR count). The Morgan fingerprint density at radius 1 is 1.56 bits per heavy atom. The van der Waals surface area contributed by atoms with Crippen LogP contribution in [0.15, 0.2) is 12.1 Å². The van der Waals surface area contributed by atoms with Crippen LogP contribution in [0.25, 0.3) is 0 Å². The van der Waals surface area contributed by atoms with E-state index in [1.165, 1.54) is 18.4 Å². The van der Waals surface area contributed by atoms with Gasteiger partial charge in [-0.2, -0.15) is 0 Å². The Bertz CT molecular complexity index is 422. The number of carboxylic acid groups (broad SMARTS) is 1. The van der Waals surface area contributed by atoms with Gasteiger partial charge < -0.3 is 19.6 Å². The van der Waals surface area contributed by atoms with Crippen LogP contribution in [0.2, 0.25) is 0 Å². The highest BCUT2D eigenvalue weighted by Crippen LogP contribution is 2.43. The minimum atomic E-state index is -4.63. The van der Waals surface area contributed by atoms with E-state index in [2.05, 4.69) is 0 Å². The van der Waals surface area contributed by atoms with Crippen molar-refractivity contribution in [1.82, 2.24) is 0 Å². The number of carbonyl (C=O) groups is 1. The third kappa shape index (κ3) is 3.31. The maximum absolute atomic E-state index is 10.9. The second-order valence-electron chi connectivity index (χ2n) is 3.07. The Morgan fingerprint density at radius 3 is 2.56 bits per heavy atom. The lowest BCUT2D eigenvalue weighted by atomic mass is 10.2. The van der Waals surface area contributed by atoms with E-state index in [0.717, 1.165) is 0 Å². The standard InChI is InChI=1S/C8H11O6PS/c1-14-7-3-2-5(16-7)4-6(8(9)10)15(11,12)13/h2-3,6H,4H2,1H3,(H,9,10)(H2,11,12,13). The highest BCUT2D eigenvalue weighted by molar-refractivity contribution is 7.53. The summed E-state index contributed by atoms with van der Waals surface area (Å²) in [5.41, 5.74) is -1.70. The molecule has 0 fully saturated rings. The first kappa shape index (κ1) is 13.2. The van der Waals surface area contributed by atoms with Crippen LogP contribution in [0.4, 0.5) is 0 Å². The van der Waals surface area contributed by atoms with Crippen molar-refractivity contribution in [3.63, 3.8) is 0 Å². The number of ether oxygens (including phenoxy) is 1. The van der Waals surface area contributed by atoms with Crippen LogP contribution in [-0.4, -0.2) is 33.6 Å². The van der Waals surface area contributed by atoms with E-state index in [1.807, 2.05) is 0 Å². The number of methoxy groups -OCH3 is 1. The fourth-order valence-corrected chi connectivity index (χ4v) is 2.83. The highest BCUT2D eigenvalue weighted by atomic mass is 32.1. The summed E-state index contributed by atoms with van der Waals surface area (Å²) in [4.78, 5) is 29.0. The molecule has 1 atom stereocenters. The summed E-state index contributed by atoms with van der Waals surface area (Å²) in [6.07, 6.45) is -0.201. The monoisotopic (exact) mass is 266 g/mol. The molecule has 8 heteroatoms. The van der Waals surface area contributed by atoms with Gasteiger partial charge in [0.05, 0.1) is 7.11 Å². The van der Waals surface area contributed by atoms with Gasteiger partial charge in [-0.25, -0.2) is 0 Å². The van der Waals surface area contributed by atoms with Crippen molar-refractivity contribution in [2.24, 2.45) is 0 Å². The molecule has 0 radical (unpaired) electrons. The number of rotatable bonds is 5. The van der Waals surface area contributed by atoms with Gasteiger partial charge in [-0.05, 0) is 12.1 Å². The molecule has 0 bridgehead atoms. The fraction of sp³-hybridized carbons (Fsp3) is 0.375. The average Bonchev–Trinajstić information content (AvgIpc) is 2.59. The molecule has 90 valence electrons. The third-order valence-electron chi connectivity index (χ3n) is 1.92. The maximum Gasteiger partial charge on any atom is 0.340 e. The van der Waals surface area contributed by atoms with E-state index < -0.39 is 19.2 Å². The first-order chi connectivity index (χ1) is 7.34. The van der Waals surface area contributed by atoms with Gasteiger partial charge in [0.15, 0.2) is 10.7 Å². The van der Waals surface area contributed by atoms with E-state index in [0.29, 0.717) is 9.94 Å². The number of aliphatic carboxylic acids is 1. The second-order valence-corrected chi connectivity index (χ2v) is 6.00. The lowest BCUT2D eigenvalue weighted by Gasteiger charge is -2.12. The molecule has 0 spiro atoms. The smallest absolute Gasteiger partial charge is 0.340 e. The zero-order valence-electron chi connectivity index (χ0n) is 8.36. The molecule has 0 saturated carbocycles. The van der Waals surface area contributed by atoms with Crippen molar-refractivity contribution < 1.29 is 29.0 Å². The van der Waals surface area contributed by atoms with E-state index in [1.54, 1.807) is 12.1 Å². The lowest BCUT2D eigenvalue weighted by Crippen LogP contribution is -2.22. The molecule has 3 N–H and O–H groups in total. The van der Waals surface area contributed by atoms with Crippen LogP contribution in [0.5, 0.6) is 5.06 Å². The Balaban J connectivity index is 2.84. The summed E-state index contributed by atoms with van der Waals surface area (Å²) in [7, 11) is -3.16. The fourth-order valence-electron chi connectivity index (χ4n) is 1.12. The maximum atomic E-state index is 10.9. The summed E-state index contributed by atoms with van der Waals surface area (Å²) >= 11 is 1.17. The molecule has 1 unspecified atom stereocenters. The topological polar surface area (TPSA) is 104 Å². The Hall–Kier alpha value is -0.880. The normalized spacial score (nSPS) is 13.4.